The third-order valence-corrected chi connectivity index (χ3v) is 7.93. The van der Waals surface area contributed by atoms with Gasteiger partial charge in [-0.05, 0) is 38.5 Å². The number of carbonyl (C=O) groups is 2. The summed E-state index contributed by atoms with van der Waals surface area (Å²) in [6.45, 7) is 3.04. The molecule has 0 unspecified atom stereocenters. The fourth-order valence-corrected chi connectivity index (χ4v) is 5.79. The molecule has 15 heteroatoms. The van der Waals surface area contributed by atoms with Gasteiger partial charge in [0.05, 0.1) is 30.8 Å². The molecule has 0 spiro atoms. The smallest absolute Gasteiger partial charge is 0.409 e. The number of alkyl halides is 1. The van der Waals surface area contributed by atoms with Crippen molar-refractivity contribution in [2.45, 2.75) is 50.0 Å². The van der Waals surface area contributed by atoms with E-state index in [-0.39, 0.29) is 54.1 Å². The number of aliphatic hydroxyl groups is 1. The molecule has 0 bridgehead atoms. The van der Waals surface area contributed by atoms with Gasteiger partial charge >= 0.3 is 6.09 Å². The van der Waals surface area contributed by atoms with E-state index in [1.165, 1.54) is 29.1 Å². The van der Waals surface area contributed by atoms with Crippen LogP contribution in [-0.2, 0) is 21.4 Å². The lowest BCUT2D eigenvalue weighted by atomic mass is 10.1. The molecule has 2 heterocycles. The van der Waals surface area contributed by atoms with Crippen molar-refractivity contribution in [3.63, 3.8) is 0 Å². The Bertz CT molecular complexity index is 1290. The van der Waals surface area contributed by atoms with Gasteiger partial charge in [0.25, 0.3) is 15.9 Å². The van der Waals surface area contributed by atoms with Crippen molar-refractivity contribution < 1.29 is 42.1 Å². The zero-order valence-corrected chi connectivity index (χ0v) is 20.9. The molecule has 4 N–H and O–H groups in total. The standard InChI is InChI=1S/C22H28FN5O8S/c1-3-27-11-19(21(26-27)35-7-6-29)37(33,34)28-12(2)18(10-24-20(30)14-9-15(14)23)36-17-5-4-13(8-16(17)28)25-22(31)32/h4-5,8,11-12,14-15,18,25,29H,3,6-7,9-10H2,1-2H3,(H,24,30)(H,31,32)/t12-,14+,15-,18+/m1/s1. The van der Waals surface area contributed by atoms with Gasteiger partial charge in [0, 0.05) is 18.4 Å². The summed E-state index contributed by atoms with van der Waals surface area (Å²) in [5.74, 6) is -1.27. The Kier molecular flexibility index (Phi) is 7.45. The zero-order chi connectivity index (χ0) is 26.9. The number of hydrogen-bond donors (Lipinski definition) is 4. The molecule has 0 saturated heterocycles. The molecule has 0 radical (unpaired) electrons. The molecule has 37 heavy (non-hydrogen) atoms. The first-order valence-corrected chi connectivity index (χ1v) is 13.1. The third-order valence-electron chi connectivity index (χ3n) is 6.05. The van der Waals surface area contributed by atoms with Crippen LogP contribution in [0.25, 0.3) is 0 Å². The summed E-state index contributed by atoms with van der Waals surface area (Å²) in [7, 11) is -4.39. The van der Waals surface area contributed by atoms with E-state index in [9.17, 15) is 22.4 Å². The number of nitrogens with zero attached hydrogens (tertiary/aromatic N) is 3. The van der Waals surface area contributed by atoms with Crippen LogP contribution in [0.1, 0.15) is 20.3 Å². The number of rotatable bonds is 10. The van der Waals surface area contributed by atoms with Gasteiger partial charge in [-0.1, -0.05) is 0 Å². The molecule has 1 aromatic heterocycles. The van der Waals surface area contributed by atoms with Crippen LogP contribution in [0.2, 0.25) is 0 Å². The molecule has 4 atom stereocenters. The van der Waals surface area contributed by atoms with Gasteiger partial charge in [0.2, 0.25) is 5.91 Å². The topological polar surface area (TPSA) is 172 Å². The molecular weight excluding hydrogens is 513 g/mol. The van der Waals surface area contributed by atoms with E-state index in [0.717, 1.165) is 4.31 Å². The number of sulfonamides is 1. The maximum atomic E-state index is 14.1. The number of carboxylic acid groups (broad SMARTS) is 1. The fraction of sp³-hybridized carbons (Fsp3) is 0.500. The zero-order valence-electron chi connectivity index (χ0n) is 20.1. The number of nitrogens with one attached hydrogen (secondary N) is 2. The molecule has 202 valence electrons. The Morgan fingerprint density at radius 3 is 2.70 bits per heavy atom. The van der Waals surface area contributed by atoms with Crippen molar-refractivity contribution in [1.82, 2.24) is 15.1 Å². The monoisotopic (exact) mass is 541 g/mol. The normalized spacial score (nSPS) is 22.5. The summed E-state index contributed by atoms with van der Waals surface area (Å²) in [5, 5.41) is 27.2. The first-order valence-electron chi connectivity index (χ1n) is 11.6. The molecule has 1 aromatic carbocycles. The summed E-state index contributed by atoms with van der Waals surface area (Å²) in [6, 6.07) is 3.25. The second-order valence-corrected chi connectivity index (χ2v) is 10.4. The number of ether oxygens (including phenoxy) is 2. The van der Waals surface area contributed by atoms with Crippen LogP contribution >= 0.6 is 0 Å². The van der Waals surface area contributed by atoms with Gasteiger partial charge in [-0.25, -0.2) is 17.6 Å². The SMILES string of the molecule is CCn1cc(S(=O)(=O)N2c3cc(NC(=O)O)ccc3O[C@@H](CNC(=O)[C@H]3C[C@H]3F)[C@H]2C)c(OCCO)n1. The summed E-state index contributed by atoms with van der Waals surface area (Å²) in [4.78, 5) is 23.1. The van der Waals surface area contributed by atoms with E-state index in [4.69, 9.17) is 19.7 Å². The average Bonchev–Trinajstić information content (AvgIpc) is 3.42. The highest BCUT2D eigenvalue weighted by Gasteiger charge is 2.46. The van der Waals surface area contributed by atoms with Crippen LogP contribution in [0.3, 0.4) is 0 Å². The number of fused-ring (bicyclic) bond motifs is 1. The van der Waals surface area contributed by atoms with Crippen molar-refractivity contribution in [3.8, 4) is 11.6 Å². The van der Waals surface area contributed by atoms with E-state index in [0.29, 0.717) is 6.54 Å². The number of halogens is 1. The van der Waals surface area contributed by atoms with E-state index in [1.807, 2.05) is 0 Å². The number of anilines is 2. The molecule has 1 saturated carbocycles. The largest absolute Gasteiger partial charge is 0.484 e. The summed E-state index contributed by atoms with van der Waals surface area (Å²) >= 11 is 0. The summed E-state index contributed by atoms with van der Waals surface area (Å²) < 4.78 is 55.2. The highest BCUT2D eigenvalue weighted by molar-refractivity contribution is 7.93. The van der Waals surface area contributed by atoms with Gasteiger partial charge in [0.1, 0.15) is 24.6 Å². The minimum absolute atomic E-state index is 0.0599. The van der Waals surface area contributed by atoms with Crippen LogP contribution in [-0.4, -0.2) is 78.5 Å². The van der Waals surface area contributed by atoms with Crippen molar-refractivity contribution in [3.05, 3.63) is 24.4 Å². The molecule has 2 aliphatic rings. The summed E-state index contributed by atoms with van der Waals surface area (Å²) in [6.07, 6.45) is -1.93. The first kappa shape index (κ1) is 26.5. The first-order chi connectivity index (χ1) is 17.6. The van der Waals surface area contributed by atoms with E-state index in [1.54, 1.807) is 13.8 Å². The maximum absolute atomic E-state index is 14.1. The van der Waals surface area contributed by atoms with Crippen LogP contribution < -0.4 is 24.4 Å². The molecule has 1 fully saturated rings. The second kappa shape index (κ2) is 10.4. The van der Waals surface area contributed by atoms with Crippen molar-refractivity contribution in [1.29, 1.82) is 0 Å². The number of aromatic nitrogens is 2. The van der Waals surface area contributed by atoms with Crippen molar-refractivity contribution in [2.75, 3.05) is 29.4 Å². The predicted molar refractivity (Wildman–Crippen MR) is 128 cm³/mol. The lowest BCUT2D eigenvalue weighted by Crippen LogP contribution is -2.54. The minimum Gasteiger partial charge on any atom is -0.484 e. The van der Waals surface area contributed by atoms with Crippen LogP contribution in [0.4, 0.5) is 20.6 Å². The molecule has 1 aliphatic heterocycles. The van der Waals surface area contributed by atoms with Gasteiger partial charge in [-0.2, -0.15) is 0 Å². The second-order valence-electron chi connectivity index (χ2n) is 8.64. The quantitative estimate of drug-likeness (QED) is 0.345. The highest BCUT2D eigenvalue weighted by Crippen LogP contribution is 2.43. The molecular formula is C22H28FN5O8S. The number of amides is 2. The Morgan fingerprint density at radius 2 is 2.08 bits per heavy atom. The minimum atomic E-state index is -4.39. The molecule has 2 amide bonds. The van der Waals surface area contributed by atoms with Gasteiger partial charge in [-0.3, -0.25) is 19.1 Å². The van der Waals surface area contributed by atoms with Crippen LogP contribution in [0, 0.1) is 5.92 Å². The van der Waals surface area contributed by atoms with Gasteiger partial charge in [0.15, 0.2) is 4.90 Å². The molecule has 2 aromatic rings. The molecule has 1 aliphatic carbocycles. The van der Waals surface area contributed by atoms with Gasteiger partial charge < -0.3 is 25.0 Å². The van der Waals surface area contributed by atoms with E-state index >= 15 is 0 Å². The van der Waals surface area contributed by atoms with Crippen molar-refractivity contribution >= 4 is 33.4 Å². The predicted octanol–water partition coefficient (Wildman–Crippen LogP) is 1.18. The van der Waals surface area contributed by atoms with Crippen LogP contribution in [0.5, 0.6) is 11.6 Å². The van der Waals surface area contributed by atoms with Crippen LogP contribution in [0.15, 0.2) is 29.3 Å². The molecule has 13 nitrogen and oxygen atoms in total. The Balaban J connectivity index is 1.74. The Labute approximate surface area is 212 Å². The third kappa shape index (κ3) is 5.41. The van der Waals surface area contributed by atoms with E-state index < -0.39 is 46.3 Å². The van der Waals surface area contributed by atoms with Crippen molar-refractivity contribution in [2.24, 2.45) is 5.92 Å². The average molecular weight is 542 g/mol. The van der Waals surface area contributed by atoms with Gasteiger partial charge in [-0.15, -0.1) is 5.10 Å². The fourth-order valence-electron chi connectivity index (χ4n) is 4.02. The number of aliphatic hydroxyl groups excluding tert-OH is 1. The molecule has 4 rings (SSSR count). The number of hydrogen-bond acceptors (Lipinski definition) is 8. The highest BCUT2D eigenvalue weighted by atomic mass is 32.2. The summed E-state index contributed by atoms with van der Waals surface area (Å²) in [5.41, 5.74) is 0.169. The number of benzene rings is 1. The maximum Gasteiger partial charge on any atom is 0.409 e. The van der Waals surface area contributed by atoms with E-state index in [2.05, 4.69) is 15.7 Å². The lowest BCUT2D eigenvalue weighted by molar-refractivity contribution is -0.123. The Hall–Kier alpha value is -3.59. The number of aryl methyl sites for hydroxylation is 1. The number of carbonyl (C=O) groups excluding carboxylic acids is 1. The lowest BCUT2D eigenvalue weighted by Gasteiger charge is -2.41. The Morgan fingerprint density at radius 1 is 1.35 bits per heavy atom.